The maximum atomic E-state index is 12.4. The Labute approximate surface area is 122 Å². The molecule has 1 saturated heterocycles. The standard InChI is InChI=1S/C15H17N3O3/c1-8(16)9-2-3-11-10(6-9)7-18(15(11)21)12-4-5-13(19)17-14(12)20/h2-3,6,8,12H,4-5,7,16H2,1H3,(H,17,19,20)/t8-,12?/m0/s1. The first kappa shape index (κ1) is 13.8. The maximum Gasteiger partial charge on any atom is 0.255 e. The Kier molecular flexibility index (Phi) is 3.25. The lowest BCUT2D eigenvalue weighted by Crippen LogP contribution is -2.52. The third kappa shape index (κ3) is 2.31. The van der Waals surface area contributed by atoms with Crippen molar-refractivity contribution in [3.8, 4) is 0 Å². The van der Waals surface area contributed by atoms with Gasteiger partial charge in [0.05, 0.1) is 0 Å². The smallest absolute Gasteiger partial charge is 0.255 e. The van der Waals surface area contributed by atoms with Crippen LogP contribution < -0.4 is 11.1 Å². The summed E-state index contributed by atoms with van der Waals surface area (Å²) in [5.41, 5.74) is 8.32. The molecule has 0 saturated carbocycles. The molecule has 6 nitrogen and oxygen atoms in total. The highest BCUT2D eigenvalue weighted by atomic mass is 16.2. The van der Waals surface area contributed by atoms with Crippen LogP contribution in [0, 0.1) is 0 Å². The second-order valence-corrected chi connectivity index (χ2v) is 5.61. The highest BCUT2D eigenvalue weighted by Gasteiger charge is 2.39. The highest BCUT2D eigenvalue weighted by Crippen LogP contribution is 2.29. The number of nitrogens with two attached hydrogens (primary N) is 1. The summed E-state index contributed by atoms with van der Waals surface area (Å²) in [6.45, 7) is 2.28. The number of nitrogens with zero attached hydrogens (tertiary/aromatic N) is 1. The summed E-state index contributed by atoms with van der Waals surface area (Å²) >= 11 is 0. The van der Waals surface area contributed by atoms with E-state index < -0.39 is 6.04 Å². The molecular weight excluding hydrogens is 270 g/mol. The average Bonchev–Trinajstić information content (AvgIpc) is 2.75. The molecule has 2 heterocycles. The number of nitrogens with one attached hydrogen (secondary N) is 1. The van der Waals surface area contributed by atoms with E-state index in [4.69, 9.17) is 5.73 Å². The summed E-state index contributed by atoms with van der Waals surface area (Å²) < 4.78 is 0. The van der Waals surface area contributed by atoms with Crippen LogP contribution in [0.2, 0.25) is 0 Å². The van der Waals surface area contributed by atoms with Crippen LogP contribution in [-0.2, 0) is 16.1 Å². The van der Waals surface area contributed by atoms with Gasteiger partial charge < -0.3 is 10.6 Å². The van der Waals surface area contributed by atoms with Crippen LogP contribution in [0.25, 0.3) is 0 Å². The molecule has 1 aromatic carbocycles. The van der Waals surface area contributed by atoms with E-state index in [1.165, 1.54) is 4.90 Å². The van der Waals surface area contributed by atoms with Crippen LogP contribution in [0.3, 0.4) is 0 Å². The number of carbonyl (C=O) groups is 3. The number of carbonyl (C=O) groups excluding carboxylic acids is 3. The van der Waals surface area contributed by atoms with Gasteiger partial charge in [0, 0.05) is 24.6 Å². The van der Waals surface area contributed by atoms with Crippen molar-refractivity contribution in [3.63, 3.8) is 0 Å². The largest absolute Gasteiger partial charge is 0.324 e. The van der Waals surface area contributed by atoms with Crippen LogP contribution in [-0.4, -0.2) is 28.7 Å². The Morgan fingerprint density at radius 1 is 1.33 bits per heavy atom. The Hall–Kier alpha value is -2.21. The van der Waals surface area contributed by atoms with E-state index in [9.17, 15) is 14.4 Å². The molecule has 0 bridgehead atoms. The predicted molar refractivity (Wildman–Crippen MR) is 75.1 cm³/mol. The summed E-state index contributed by atoms with van der Waals surface area (Å²) in [5, 5.41) is 2.29. The molecule has 3 amide bonds. The zero-order valence-electron chi connectivity index (χ0n) is 11.8. The molecule has 0 radical (unpaired) electrons. The third-order valence-corrected chi connectivity index (χ3v) is 4.07. The molecule has 110 valence electrons. The maximum absolute atomic E-state index is 12.4. The monoisotopic (exact) mass is 287 g/mol. The van der Waals surface area contributed by atoms with Crippen molar-refractivity contribution in [2.24, 2.45) is 5.73 Å². The molecule has 0 aliphatic carbocycles. The molecule has 1 fully saturated rings. The average molecular weight is 287 g/mol. The number of fused-ring (bicyclic) bond motifs is 1. The minimum atomic E-state index is -0.568. The molecule has 3 rings (SSSR count). The lowest BCUT2D eigenvalue weighted by Gasteiger charge is -2.29. The number of piperidine rings is 1. The molecule has 2 atom stereocenters. The van der Waals surface area contributed by atoms with E-state index in [0.29, 0.717) is 18.5 Å². The summed E-state index contributed by atoms with van der Waals surface area (Å²) in [6, 6.07) is 4.86. The van der Waals surface area contributed by atoms with Crippen LogP contribution in [0.4, 0.5) is 0 Å². The second kappa shape index (κ2) is 4.96. The van der Waals surface area contributed by atoms with Crippen molar-refractivity contribution in [1.29, 1.82) is 0 Å². The number of rotatable bonds is 2. The van der Waals surface area contributed by atoms with Gasteiger partial charge in [-0.3, -0.25) is 19.7 Å². The molecule has 1 unspecified atom stereocenters. The van der Waals surface area contributed by atoms with E-state index in [1.54, 1.807) is 6.07 Å². The molecule has 6 heteroatoms. The van der Waals surface area contributed by atoms with Gasteiger partial charge in [-0.25, -0.2) is 0 Å². The fourth-order valence-electron chi connectivity index (χ4n) is 2.88. The van der Waals surface area contributed by atoms with E-state index >= 15 is 0 Å². The van der Waals surface area contributed by atoms with Gasteiger partial charge in [-0.1, -0.05) is 12.1 Å². The number of benzene rings is 1. The Morgan fingerprint density at radius 3 is 2.76 bits per heavy atom. The number of hydrogen-bond acceptors (Lipinski definition) is 4. The van der Waals surface area contributed by atoms with Crippen molar-refractivity contribution in [2.75, 3.05) is 0 Å². The van der Waals surface area contributed by atoms with Gasteiger partial charge >= 0.3 is 0 Å². The van der Waals surface area contributed by atoms with Crippen LogP contribution in [0.15, 0.2) is 18.2 Å². The van der Waals surface area contributed by atoms with Crippen molar-refractivity contribution in [1.82, 2.24) is 10.2 Å². The van der Waals surface area contributed by atoms with Crippen LogP contribution >= 0.6 is 0 Å². The van der Waals surface area contributed by atoms with Gasteiger partial charge in [-0.05, 0) is 30.5 Å². The summed E-state index contributed by atoms with van der Waals surface area (Å²) in [4.78, 5) is 37.1. The molecule has 21 heavy (non-hydrogen) atoms. The van der Waals surface area contributed by atoms with E-state index in [1.807, 2.05) is 19.1 Å². The molecule has 3 N–H and O–H groups in total. The van der Waals surface area contributed by atoms with E-state index in [-0.39, 0.29) is 30.2 Å². The van der Waals surface area contributed by atoms with E-state index in [0.717, 1.165) is 11.1 Å². The zero-order chi connectivity index (χ0) is 15.1. The predicted octanol–water partition coefficient (Wildman–Crippen LogP) is 0.467. The molecule has 2 aliphatic heterocycles. The van der Waals surface area contributed by atoms with Crippen molar-refractivity contribution < 1.29 is 14.4 Å². The van der Waals surface area contributed by atoms with Crippen LogP contribution in [0.1, 0.15) is 47.3 Å². The quantitative estimate of drug-likeness (QED) is 0.773. The van der Waals surface area contributed by atoms with Gasteiger partial charge in [0.1, 0.15) is 6.04 Å². The Morgan fingerprint density at radius 2 is 2.10 bits per heavy atom. The first-order valence-electron chi connectivity index (χ1n) is 7.00. The van der Waals surface area contributed by atoms with Gasteiger partial charge in [-0.15, -0.1) is 0 Å². The molecule has 0 spiro atoms. The topological polar surface area (TPSA) is 92.5 Å². The first-order chi connectivity index (χ1) is 9.97. The molecular formula is C15H17N3O3. The normalized spacial score (nSPS) is 23.0. The fourth-order valence-corrected chi connectivity index (χ4v) is 2.88. The summed E-state index contributed by atoms with van der Waals surface area (Å²) in [6.07, 6.45) is 0.645. The molecule has 0 aromatic heterocycles. The Balaban J connectivity index is 1.86. The lowest BCUT2D eigenvalue weighted by atomic mass is 10.0. The Bertz CT molecular complexity index is 639. The summed E-state index contributed by atoms with van der Waals surface area (Å²) in [5.74, 6) is -0.824. The number of imide groups is 1. The van der Waals surface area contributed by atoms with Crippen molar-refractivity contribution >= 4 is 17.7 Å². The minimum Gasteiger partial charge on any atom is -0.324 e. The summed E-state index contributed by atoms with van der Waals surface area (Å²) in [7, 11) is 0. The van der Waals surface area contributed by atoms with Gasteiger partial charge in [0.15, 0.2) is 0 Å². The van der Waals surface area contributed by atoms with Crippen molar-refractivity contribution in [3.05, 3.63) is 34.9 Å². The SMILES string of the molecule is C[C@H](N)c1ccc2c(c1)CN(C1CCC(=O)NC1=O)C2=O. The van der Waals surface area contributed by atoms with Crippen molar-refractivity contribution in [2.45, 2.75) is 38.4 Å². The second-order valence-electron chi connectivity index (χ2n) is 5.61. The minimum absolute atomic E-state index is 0.102. The number of amides is 3. The van der Waals surface area contributed by atoms with Gasteiger partial charge in [0.25, 0.3) is 5.91 Å². The number of hydrogen-bond donors (Lipinski definition) is 2. The molecule has 2 aliphatic rings. The highest BCUT2D eigenvalue weighted by molar-refractivity contribution is 6.05. The first-order valence-corrected chi connectivity index (χ1v) is 7.00. The van der Waals surface area contributed by atoms with E-state index in [2.05, 4.69) is 5.32 Å². The van der Waals surface area contributed by atoms with Gasteiger partial charge in [0.2, 0.25) is 11.8 Å². The zero-order valence-corrected chi connectivity index (χ0v) is 11.8. The van der Waals surface area contributed by atoms with Gasteiger partial charge in [-0.2, -0.15) is 0 Å². The third-order valence-electron chi connectivity index (χ3n) is 4.07. The fraction of sp³-hybridized carbons (Fsp3) is 0.400. The van der Waals surface area contributed by atoms with Crippen LogP contribution in [0.5, 0.6) is 0 Å². The molecule has 1 aromatic rings. The lowest BCUT2D eigenvalue weighted by molar-refractivity contribution is -0.136.